The molecule has 1 heterocycles. The van der Waals surface area contributed by atoms with Crippen LogP contribution in [0.3, 0.4) is 0 Å². The van der Waals surface area contributed by atoms with Crippen LogP contribution in [-0.4, -0.2) is 38.9 Å². The number of carbonyl (C=O) groups excluding carboxylic acids is 1. The van der Waals surface area contributed by atoms with Crippen LogP contribution in [0.15, 0.2) is 22.7 Å². The van der Waals surface area contributed by atoms with Gasteiger partial charge in [-0.3, -0.25) is 4.79 Å². The number of likely N-dealkylation sites (tertiary alicyclic amines) is 1. The summed E-state index contributed by atoms with van der Waals surface area (Å²) in [6.07, 6.45) is 2.57. The lowest BCUT2D eigenvalue weighted by Crippen LogP contribution is -2.49. The van der Waals surface area contributed by atoms with Crippen LogP contribution in [0.5, 0.6) is 5.75 Å². The number of ether oxygens (including phenoxy) is 1. The second-order valence-electron chi connectivity index (χ2n) is 8.57. The normalized spacial score (nSPS) is 19.0. The third-order valence-electron chi connectivity index (χ3n) is 5.74. The molecule has 1 amide bonds. The predicted molar refractivity (Wildman–Crippen MR) is 112 cm³/mol. The number of halogens is 1. The zero-order chi connectivity index (χ0) is 19.5. The molecule has 1 atom stereocenters. The molecule has 0 bridgehead atoms. The zero-order valence-corrected chi connectivity index (χ0v) is 19.5. The Balaban J connectivity index is 2.15. The van der Waals surface area contributed by atoms with E-state index in [0.717, 1.165) is 28.6 Å². The van der Waals surface area contributed by atoms with Crippen LogP contribution in [0.4, 0.5) is 0 Å². The maximum absolute atomic E-state index is 12.6. The maximum atomic E-state index is 12.6. The molecule has 1 saturated heterocycles. The van der Waals surface area contributed by atoms with Crippen LogP contribution < -0.4 is 4.74 Å². The summed E-state index contributed by atoms with van der Waals surface area (Å²) < 4.78 is 12.7. The van der Waals surface area contributed by atoms with Gasteiger partial charge in [-0.05, 0) is 58.5 Å². The molecule has 146 valence electrons. The van der Waals surface area contributed by atoms with Crippen LogP contribution >= 0.6 is 15.9 Å². The van der Waals surface area contributed by atoms with Gasteiger partial charge in [-0.1, -0.05) is 32.9 Å². The highest BCUT2D eigenvalue weighted by Crippen LogP contribution is 2.37. The molecule has 4 nitrogen and oxygen atoms in total. The molecular weight excluding hydrogens is 410 g/mol. The van der Waals surface area contributed by atoms with Crippen molar-refractivity contribution in [1.82, 2.24) is 4.90 Å². The van der Waals surface area contributed by atoms with Crippen molar-refractivity contribution in [2.45, 2.75) is 70.8 Å². The maximum Gasteiger partial charge on any atom is 0.223 e. The Morgan fingerprint density at radius 3 is 2.62 bits per heavy atom. The number of carbonyl (C=O) groups is 1. The number of benzene rings is 1. The Labute approximate surface area is 167 Å². The van der Waals surface area contributed by atoms with Crippen molar-refractivity contribution in [2.75, 3.05) is 13.7 Å². The molecule has 6 heteroatoms. The van der Waals surface area contributed by atoms with Gasteiger partial charge in [0.25, 0.3) is 0 Å². The largest absolute Gasteiger partial charge is 0.496 e. The van der Waals surface area contributed by atoms with Gasteiger partial charge in [-0.15, -0.1) is 0 Å². The number of hydrogen-bond acceptors (Lipinski definition) is 3. The first kappa shape index (κ1) is 21.4. The molecule has 2 rings (SSSR count). The Morgan fingerprint density at radius 2 is 2.00 bits per heavy atom. The standard InChI is InChI=1S/C20H32BrNO3Si/c1-20(2,3)26(5,6)25-14-16-10-8-12-18(23)22(16)13-15-9-7-11-17(24-4)19(15)21/h7,9,11,16H,8,10,12-14H2,1-6H3. The molecule has 0 N–H and O–H groups in total. The van der Waals surface area contributed by atoms with Gasteiger partial charge < -0.3 is 14.1 Å². The van der Waals surface area contributed by atoms with E-state index >= 15 is 0 Å². The summed E-state index contributed by atoms with van der Waals surface area (Å²) in [6, 6.07) is 6.07. The molecule has 0 spiro atoms. The molecule has 1 unspecified atom stereocenters. The number of piperidine rings is 1. The summed E-state index contributed by atoms with van der Waals surface area (Å²) in [5.74, 6) is 1.01. The lowest BCUT2D eigenvalue weighted by molar-refractivity contribution is -0.138. The first-order chi connectivity index (χ1) is 12.1. The van der Waals surface area contributed by atoms with Gasteiger partial charge in [0, 0.05) is 13.0 Å². The monoisotopic (exact) mass is 441 g/mol. The van der Waals surface area contributed by atoms with Gasteiger partial charge in [0.2, 0.25) is 5.91 Å². The molecule has 1 fully saturated rings. The van der Waals surface area contributed by atoms with Gasteiger partial charge >= 0.3 is 0 Å². The van der Waals surface area contributed by atoms with Crippen LogP contribution in [-0.2, 0) is 15.8 Å². The highest BCUT2D eigenvalue weighted by Gasteiger charge is 2.39. The van der Waals surface area contributed by atoms with Crippen LogP contribution in [0.2, 0.25) is 18.1 Å². The SMILES string of the molecule is COc1cccc(CN2C(=O)CCCC2CO[Si](C)(C)C(C)(C)C)c1Br. The van der Waals surface area contributed by atoms with E-state index in [-0.39, 0.29) is 17.0 Å². The first-order valence-corrected chi connectivity index (χ1v) is 13.0. The van der Waals surface area contributed by atoms with Gasteiger partial charge in [0.05, 0.1) is 24.2 Å². The van der Waals surface area contributed by atoms with E-state index in [1.807, 2.05) is 23.1 Å². The van der Waals surface area contributed by atoms with Crippen molar-refractivity contribution in [3.05, 3.63) is 28.2 Å². The van der Waals surface area contributed by atoms with Gasteiger partial charge in [0.1, 0.15) is 5.75 Å². The topological polar surface area (TPSA) is 38.8 Å². The second kappa shape index (κ2) is 8.44. The van der Waals surface area contributed by atoms with E-state index in [4.69, 9.17) is 9.16 Å². The minimum absolute atomic E-state index is 0.142. The summed E-state index contributed by atoms with van der Waals surface area (Å²) in [7, 11) is -0.167. The van der Waals surface area contributed by atoms with E-state index in [1.165, 1.54) is 0 Å². The average Bonchev–Trinajstić information content (AvgIpc) is 2.56. The molecule has 1 aliphatic heterocycles. The molecule has 1 aliphatic rings. The molecule has 1 aromatic carbocycles. The molecule has 0 saturated carbocycles. The van der Waals surface area contributed by atoms with Crippen molar-refractivity contribution >= 4 is 30.2 Å². The van der Waals surface area contributed by atoms with E-state index < -0.39 is 8.32 Å². The summed E-state index contributed by atoms with van der Waals surface area (Å²) in [5.41, 5.74) is 1.07. The summed E-state index contributed by atoms with van der Waals surface area (Å²) in [5, 5.41) is 0.173. The Bertz CT molecular complexity index is 642. The first-order valence-electron chi connectivity index (χ1n) is 9.31. The summed E-state index contributed by atoms with van der Waals surface area (Å²) in [4.78, 5) is 14.6. The number of methoxy groups -OCH3 is 1. The van der Waals surface area contributed by atoms with E-state index in [9.17, 15) is 4.79 Å². The van der Waals surface area contributed by atoms with Crippen LogP contribution in [0.25, 0.3) is 0 Å². The number of rotatable bonds is 6. The molecular formula is C20H32BrNO3Si. The fraction of sp³-hybridized carbons (Fsp3) is 0.650. The van der Waals surface area contributed by atoms with Crippen molar-refractivity contribution in [2.24, 2.45) is 0 Å². The number of amides is 1. The van der Waals surface area contributed by atoms with Crippen LogP contribution in [0, 0.1) is 0 Å². The third kappa shape index (κ3) is 4.90. The Kier molecular flexibility index (Phi) is 6.96. The van der Waals surface area contributed by atoms with Crippen molar-refractivity contribution in [1.29, 1.82) is 0 Å². The molecule has 0 aromatic heterocycles. The lowest BCUT2D eigenvalue weighted by Gasteiger charge is -2.41. The van der Waals surface area contributed by atoms with E-state index in [2.05, 4.69) is 49.8 Å². The average molecular weight is 442 g/mol. The number of nitrogens with zero attached hydrogens (tertiary/aromatic N) is 1. The molecule has 1 aromatic rings. The van der Waals surface area contributed by atoms with Gasteiger partial charge in [-0.2, -0.15) is 0 Å². The fourth-order valence-electron chi connectivity index (χ4n) is 2.92. The predicted octanol–water partition coefficient (Wildman–Crippen LogP) is 5.36. The second-order valence-corrected chi connectivity index (χ2v) is 14.2. The third-order valence-corrected chi connectivity index (χ3v) is 11.1. The zero-order valence-electron chi connectivity index (χ0n) is 16.9. The summed E-state index contributed by atoms with van der Waals surface area (Å²) >= 11 is 3.62. The smallest absolute Gasteiger partial charge is 0.223 e. The molecule has 0 radical (unpaired) electrons. The number of hydrogen-bond donors (Lipinski definition) is 0. The van der Waals surface area contributed by atoms with E-state index in [1.54, 1.807) is 7.11 Å². The van der Waals surface area contributed by atoms with Crippen molar-refractivity contribution in [3.63, 3.8) is 0 Å². The van der Waals surface area contributed by atoms with Crippen LogP contribution in [0.1, 0.15) is 45.6 Å². The fourth-order valence-corrected chi connectivity index (χ4v) is 4.52. The minimum atomic E-state index is -1.83. The van der Waals surface area contributed by atoms with Crippen molar-refractivity contribution < 1.29 is 14.0 Å². The Morgan fingerprint density at radius 1 is 1.31 bits per heavy atom. The highest BCUT2D eigenvalue weighted by atomic mass is 79.9. The quantitative estimate of drug-likeness (QED) is 0.557. The summed E-state index contributed by atoms with van der Waals surface area (Å²) in [6.45, 7) is 12.5. The molecule has 0 aliphatic carbocycles. The van der Waals surface area contributed by atoms with Crippen molar-refractivity contribution in [3.8, 4) is 5.75 Å². The van der Waals surface area contributed by atoms with Gasteiger partial charge in [-0.25, -0.2) is 0 Å². The molecule has 26 heavy (non-hydrogen) atoms. The highest BCUT2D eigenvalue weighted by molar-refractivity contribution is 9.10. The van der Waals surface area contributed by atoms with E-state index in [0.29, 0.717) is 19.6 Å². The Hall–Kier alpha value is -0.853. The van der Waals surface area contributed by atoms with Gasteiger partial charge in [0.15, 0.2) is 8.32 Å². The minimum Gasteiger partial charge on any atom is -0.496 e. The lowest BCUT2D eigenvalue weighted by atomic mass is 10.0.